The van der Waals surface area contributed by atoms with Crippen molar-refractivity contribution in [1.82, 2.24) is 14.5 Å². The lowest BCUT2D eigenvalue weighted by Gasteiger charge is -2.17. The monoisotopic (exact) mass is 421 g/mol. The normalized spacial score (nSPS) is 12.3. The van der Waals surface area contributed by atoms with E-state index >= 15 is 0 Å². The first-order chi connectivity index (χ1) is 14.9. The molecule has 3 aromatic rings. The number of fused-ring (bicyclic) bond motifs is 1. The zero-order chi connectivity index (χ0) is 22.4. The number of para-hydroxylation sites is 1. The van der Waals surface area contributed by atoms with Gasteiger partial charge in [0.05, 0.1) is 10.9 Å². The van der Waals surface area contributed by atoms with Gasteiger partial charge in [-0.05, 0) is 49.8 Å². The second kappa shape index (κ2) is 10.2. The Morgan fingerprint density at radius 2 is 1.58 bits per heavy atom. The predicted molar refractivity (Wildman–Crippen MR) is 124 cm³/mol. The molecule has 3 rings (SSSR count). The highest BCUT2D eigenvalue weighted by molar-refractivity contribution is 5.81. The lowest BCUT2D eigenvalue weighted by atomic mass is 10.1. The summed E-state index contributed by atoms with van der Waals surface area (Å²) in [6.07, 6.45) is 2.39. The van der Waals surface area contributed by atoms with E-state index in [1.54, 1.807) is 24.3 Å². The Bertz CT molecular complexity index is 1150. The van der Waals surface area contributed by atoms with E-state index in [1.165, 1.54) is 14.7 Å². The summed E-state index contributed by atoms with van der Waals surface area (Å²) in [5, 5.41) is 3.44. The number of hydrogen-bond acceptors (Lipinski definition) is 3. The van der Waals surface area contributed by atoms with Crippen LogP contribution in [0, 0.1) is 5.92 Å². The SMILES string of the molecule is CC(C)CCn1c(=O)c2ccccc2n(CC(=O)N[C@@H](C)CCc2ccccc2)c1=O. The van der Waals surface area contributed by atoms with E-state index in [4.69, 9.17) is 0 Å². The number of aromatic nitrogens is 2. The summed E-state index contributed by atoms with van der Waals surface area (Å²) in [6, 6.07) is 17.1. The van der Waals surface area contributed by atoms with E-state index in [0.29, 0.717) is 23.4 Å². The van der Waals surface area contributed by atoms with Crippen LogP contribution in [0.2, 0.25) is 0 Å². The number of aryl methyl sites for hydroxylation is 1. The van der Waals surface area contributed by atoms with Crippen molar-refractivity contribution in [3.63, 3.8) is 0 Å². The van der Waals surface area contributed by atoms with Crippen molar-refractivity contribution >= 4 is 16.8 Å². The van der Waals surface area contributed by atoms with E-state index < -0.39 is 5.69 Å². The molecule has 1 heterocycles. The molecular weight excluding hydrogens is 390 g/mol. The third-order valence-corrected chi connectivity index (χ3v) is 5.48. The van der Waals surface area contributed by atoms with Gasteiger partial charge in [0.2, 0.25) is 5.91 Å². The van der Waals surface area contributed by atoms with E-state index in [9.17, 15) is 14.4 Å². The predicted octanol–water partition coefficient (Wildman–Crippen LogP) is 3.35. The second-order valence-electron chi connectivity index (χ2n) is 8.52. The molecular formula is C25H31N3O3. The smallest absolute Gasteiger partial charge is 0.331 e. The van der Waals surface area contributed by atoms with Crippen molar-refractivity contribution in [3.8, 4) is 0 Å². The molecule has 164 valence electrons. The van der Waals surface area contributed by atoms with Gasteiger partial charge in [-0.1, -0.05) is 56.3 Å². The molecule has 0 saturated heterocycles. The van der Waals surface area contributed by atoms with Gasteiger partial charge >= 0.3 is 5.69 Å². The molecule has 0 fully saturated rings. The largest absolute Gasteiger partial charge is 0.352 e. The number of rotatable bonds is 9. The molecule has 0 bridgehead atoms. The number of hydrogen-bond donors (Lipinski definition) is 1. The van der Waals surface area contributed by atoms with Crippen LogP contribution in [0.3, 0.4) is 0 Å². The van der Waals surface area contributed by atoms with Crippen molar-refractivity contribution < 1.29 is 4.79 Å². The highest BCUT2D eigenvalue weighted by atomic mass is 16.2. The fourth-order valence-electron chi connectivity index (χ4n) is 3.67. The van der Waals surface area contributed by atoms with Gasteiger partial charge in [0.15, 0.2) is 0 Å². The minimum atomic E-state index is -0.434. The average Bonchev–Trinajstić information content (AvgIpc) is 2.75. The molecule has 0 unspecified atom stereocenters. The molecule has 1 N–H and O–H groups in total. The molecule has 0 aliphatic heterocycles. The quantitative estimate of drug-likeness (QED) is 0.576. The summed E-state index contributed by atoms with van der Waals surface area (Å²) in [6.45, 7) is 6.29. The van der Waals surface area contributed by atoms with E-state index in [1.807, 2.05) is 25.1 Å². The maximum Gasteiger partial charge on any atom is 0.331 e. The number of carbonyl (C=O) groups excluding carboxylic acids is 1. The molecule has 0 spiro atoms. The molecule has 0 saturated carbocycles. The summed E-state index contributed by atoms with van der Waals surface area (Å²) >= 11 is 0. The standard InChI is InChI=1S/C25H31N3O3/c1-18(2)15-16-27-24(30)21-11-7-8-12-22(21)28(25(27)31)17-23(29)26-19(3)13-14-20-9-5-4-6-10-20/h4-12,18-19H,13-17H2,1-3H3,(H,26,29)/t19-/m0/s1. The van der Waals surface area contributed by atoms with Crippen molar-refractivity contribution in [3.05, 3.63) is 81.0 Å². The molecule has 1 amide bonds. The highest BCUT2D eigenvalue weighted by Gasteiger charge is 2.16. The number of carbonyl (C=O) groups is 1. The highest BCUT2D eigenvalue weighted by Crippen LogP contribution is 2.09. The van der Waals surface area contributed by atoms with Gasteiger partial charge in [-0.25, -0.2) is 4.79 Å². The maximum atomic E-state index is 13.1. The molecule has 0 aliphatic rings. The topological polar surface area (TPSA) is 73.1 Å². The Morgan fingerprint density at radius 1 is 0.903 bits per heavy atom. The van der Waals surface area contributed by atoms with Gasteiger partial charge in [-0.3, -0.25) is 18.7 Å². The molecule has 6 nitrogen and oxygen atoms in total. The zero-order valence-electron chi connectivity index (χ0n) is 18.5. The Balaban J connectivity index is 1.79. The molecule has 0 radical (unpaired) electrons. The van der Waals surface area contributed by atoms with Crippen LogP contribution in [0.4, 0.5) is 0 Å². The van der Waals surface area contributed by atoms with Gasteiger partial charge in [0.25, 0.3) is 5.56 Å². The summed E-state index contributed by atoms with van der Waals surface area (Å²) < 4.78 is 2.67. The fourth-order valence-corrected chi connectivity index (χ4v) is 3.67. The maximum absolute atomic E-state index is 13.1. The molecule has 1 aromatic heterocycles. The van der Waals surface area contributed by atoms with Crippen LogP contribution < -0.4 is 16.6 Å². The summed E-state index contributed by atoms with van der Waals surface area (Å²) in [5.74, 6) is 0.127. The Hall–Kier alpha value is -3.15. The minimum absolute atomic E-state index is 0.0264. The third kappa shape index (κ3) is 5.72. The molecule has 6 heteroatoms. The Labute approximate surface area is 182 Å². The van der Waals surface area contributed by atoms with Crippen molar-refractivity contribution in [2.75, 3.05) is 0 Å². The first-order valence-corrected chi connectivity index (χ1v) is 10.9. The number of benzene rings is 2. The van der Waals surface area contributed by atoms with Gasteiger partial charge < -0.3 is 5.32 Å². The summed E-state index contributed by atoms with van der Waals surface area (Å²) in [7, 11) is 0. The second-order valence-corrected chi connectivity index (χ2v) is 8.52. The lowest BCUT2D eigenvalue weighted by Crippen LogP contribution is -2.44. The van der Waals surface area contributed by atoms with Crippen LogP contribution in [0.25, 0.3) is 10.9 Å². The van der Waals surface area contributed by atoms with Gasteiger partial charge in [-0.2, -0.15) is 0 Å². The van der Waals surface area contributed by atoms with Crippen LogP contribution in [0.1, 0.15) is 39.2 Å². The van der Waals surface area contributed by atoms with E-state index in [-0.39, 0.29) is 24.1 Å². The molecule has 0 aliphatic carbocycles. The van der Waals surface area contributed by atoms with Crippen LogP contribution in [0.15, 0.2) is 64.2 Å². The van der Waals surface area contributed by atoms with Crippen LogP contribution in [0.5, 0.6) is 0 Å². The number of amides is 1. The molecule has 1 atom stereocenters. The van der Waals surface area contributed by atoms with Crippen molar-refractivity contribution in [2.45, 2.75) is 59.2 Å². The fraction of sp³-hybridized carbons (Fsp3) is 0.400. The van der Waals surface area contributed by atoms with Gasteiger partial charge in [0, 0.05) is 12.6 Å². The van der Waals surface area contributed by atoms with Crippen molar-refractivity contribution in [2.24, 2.45) is 5.92 Å². The minimum Gasteiger partial charge on any atom is -0.352 e. The van der Waals surface area contributed by atoms with Crippen LogP contribution in [-0.4, -0.2) is 21.1 Å². The zero-order valence-corrected chi connectivity index (χ0v) is 18.5. The Kier molecular flexibility index (Phi) is 7.45. The van der Waals surface area contributed by atoms with E-state index in [2.05, 4.69) is 31.3 Å². The van der Waals surface area contributed by atoms with Crippen molar-refractivity contribution in [1.29, 1.82) is 0 Å². The summed E-state index contributed by atoms with van der Waals surface area (Å²) in [4.78, 5) is 38.7. The lowest BCUT2D eigenvalue weighted by molar-refractivity contribution is -0.122. The first-order valence-electron chi connectivity index (χ1n) is 10.9. The average molecular weight is 422 g/mol. The van der Waals surface area contributed by atoms with Gasteiger partial charge in [0.1, 0.15) is 6.54 Å². The van der Waals surface area contributed by atoms with Crippen LogP contribution >= 0.6 is 0 Å². The third-order valence-electron chi connectivity index (χ3n) is 5.48. The molecule has 2 aromatic carbocycles. The van der Waals surface area contributed by atoms with Crippen LogP contribution in [-0.2, 0) is 24.3 Å². The first kappa shape index (κ1) is 22.5. The Morgan fingerprint density at radius 3 is 2.29 bits per heavy atom. The number of nitrogens with zero attached hydrogens (tertiary/aromatic N) is 2. The molecule has 31 heavy (non-hydrogen) atoms. The number of nitrogens with one attached hydrogen (secondary N) is 1. The van der Waals surface area contributed by atoms with Gasteiger partial charge in [-0.15, -0.1) is 0 Å². The van der Waals surface area contributed by atoms with E-state index in [0.717, 1.165) is 19.3 Å². The summed E-state index contributed by atoms with van der Waals surface area (Å²) in [5.41, 5.74) is 0.985.